The van der Waals surface area contributed by atoms with Gasteiger partial charge in [-0.15, -0.1) is 11.3 Å². The summed E-state index contributed by atoms with van der Waals surface area (Å²) in [6, 6.07) is 6.04. The van der Waals surface area contributed by atoms with Gasteiger partial charge in [0.15, 0.2) is 0 Å². The van der Waals surface area contributed by atoms with Gasteiger partial charge in [0.2, 0.25) is 0 Å². The summed E-state index contributed by atoms with van der Waals surface area (Å²) in [7, 11) is 0. The van der Waals surface area contributed by atoms with Crippen LogP contribution in [0.1, 0.15) is 36.3 Å². The van der Waals surface area contributed by atoms with E-state index < -0.39 is 0 Å². The highest BCUT2D eigenvalue weighted by Crippen LogP contribution is 2.39. The number of fused-ring (bicyclic) bond motifs is 1. The van der Waals surface area contributed by atoms with Crippen LogP contribution in [0.15, 0.2) is 22.7 Å². The van der Waals surface area contributed by atoms with E-state index in [-0.39, 0.29) is 0 Å². The summed E-state index contributed by atoms with van der Waals surface area (Å²) < 4.78 is 0.930. The predicted molar refractivity (Wildman–Crippen MR) is 94.5 cm³/mol. The number of benzene rings is 1. The first-order valence-electron chi connectivity index (χ1n) is 7.34. The number of hydrogen-bond acceptors (Lipinski definition) is 3. The van der Waals surface area contributed by atoms with Gasteiger partial charge in [-0.25, -0.2) is 4.98 Å². The third kappa shape index (κ3) is 3.34. The van der Waals surface area contributed by atoms with Crippen molar-refractivity contribution in [3.8, 4) is 10.6 Å². The van der Waals surface area contributed by atoms with Crippen molar-refractivity contribution < 1.29 is 0 Å². The Hall–Kier alpha value is -0.420. The third-order valence-electron chi connectivity index (χ3n) is 3.88. The minimum atomic E-state index is 0.564. The molecule has 0 spiro atoms. The maximum atomic E-state index is 6.08. The molecule has 112 valence electrons. The molecule has 1 aromatic carbocycles. The van der Waals surface area contributed by atoms with Crippen LogP contribution >= 0.6 is 38.9 Å². The Labute approximate surface area is 143 Å². The summed E-state index contributed by atoms with van der Waals surface area (Å²) in [6.07, 6.45) is 3.69. The van der Waals surface area contributed by atoms with Crippen LogP contribution < -0.4 is 5.32 Å². The van der Waals surface area contributed by atoms with Crippen molar-refractivity contribution in [1.82, 2.24) is 10.3 Å². The second-order valence-electron chi connectivity index (χ2n) is 5.35. The number of nitrogens with zero attached hydrogens (tertiary/aromatic N) is 1. The molecule has 0 aliphatic heterocycles. The Bertz CT molecular complexity index is 641. The van der Waals surface area contributed by atoms with E-state index in [4.69, 9.17) is 16.6 Å². The lowest BCUT2D eigenvalue weighted by Crippen LogP contribution is -2.23. The number of aromatic nitrogens is 1. The van der Waals surface area contributed by atoms with Crippen molar-refractivity contribution in [1.29, 1.82) is 0 Å². The molecule has 0 saturated heterocycles. The summed E-state index contributed by atoms with van der Waals surface area (Å²) in [6.45, 7) is 4.21. The van der Waals surface area contributed by atoms with Gasteiger partial charge in [-0.2, -0.15) is 0 Å². The fraction of sp³-hybridized carbons (Fsp3) is 0.438. The van der Waals surface area contributed by atoms with Crippen molar-refractivity contribution in [3.63, 3.8) is 0 Å². The number of hydrogen-bond donors (Lipinski definition) is 1. The first kappa shape index (κ1) is 15.5. The maximum Gasteiger partial charge on any atom is 0.123 e. The van der Waals surface area contributed by atoms with Gasteiger partial charge in [0.05, 0.1) is 10.7 Å². The minimum Gasteiger partial charge on any atom is -0.316 e. The van der Waals surface area contributed by atoms with Gasteiger partial charge in [0, 0.05) is 27.4 Å². The van der Waals surface area contributed by atoms with Crippen molar-refractivity contribution >= 4 is 38.9 Å². The summed E-state index contributed by atoms with van der Waals surface area (Å²) in [5.74, 6) is 0.564. The number of aryl methyl sites for hydroxylation is 1. The van der Waals surface area contributed by atoms with E-state index in [0.29, 0.717) is 5.92 Å². The molecule has 21 heavy (non-hydrogen) atoms. The fourth-order valence-corrected chi connectivity index (χ4v) is 4.46. The van der Waals surface area contributed by atoms with E-state index >= 15 is 0 Å². The SMILES string of the molecule is CCNCC1CCCc2sc(-c3ccc(Cl)c(Br)c3)nc21. The van der Waals surface area contributed by atoms with Crippen LogP contribution in [0.4, 0.5) is 0 Å². The van der Waals surface area contributed by atoms with Crippen molar-refractivity contribution in [2.75, 3.05) is 13.1 Å². The van der Waals surface area contributed by atoms with Crippen LogP contribution in [0.25, 0.3) is 10.6 Å². The van der Waals surface area contributed by atoms with E-state index in [0.717, 1.165) is 33.2 Å². The highest BCUT2D eigenvalue weighted by molar-refractivity contribution is 9.10. The topological polar surface area (TPSA) is 24.9 Å². The Morgan fingerprint density at radius 1 is 1.48 bits per heavy atom. The molecule has 0 amide bonds. The van der Waals surface area contributed by atoms with E-state index in [1.54, 1.807) is 0 Å². The molecular formula is C16H18BrClN2S. The second-order valence-corrected chi connectivity index (χ2v) is 7.70. The van der Waals surface area contributed by atoms with Crippen LogP contribution in [0.5, 0.6) is 0 Å². The normalized spacial score (nSPS) is 17.8. The molecule has 1 unspecified atom stereocenters. The molecule has 1 N–H and O–H groups in total. The van der Waals surface area contributed by atoms with Crippen LogP contribution in [-0.4, -0.2) is 18.1 Å². The number of halogens is 2. The summed E-state index contributed by atoms with van der Waals surface area (Å²) >= 11 is 11.4. The molecular weight excluding hydrogens is 368 g/mol. The van der Waals surface area contributed by atoms with Crippen molar-refractivity contribution in [3.05, 3.63) is 38.3 Å². The lowest BCUT2D eigenvalue weighted by atomic mass is 9.91. The van der Waals surface area contributed by atoms with Crippen molar-refractivity contribution in [2.24, 2.45) is 0 Å². The monoisotopic (exact) mass is 384 g/mol. The molecule has 0 saturated carbocycles. The quantitative estimate of drug-likeness (QED) is 0.777. The third-order valence-corrected chi connectivity index (χ3v) is 6.27. The van der Waals surface area contributed by atoms with Crippen LogP contribution in [-0.2, 0) is 6.42 Å². The lowest BCUT2D eigenvalue weighted by molar-refractivity contribution is 0.509. The summed E-state index contributed by atoms with van der Waals surface area (Å²) in [5.41, 5.74) is 2.46. The molecule has 0 bridgehead atoms. The van der Waals surface area contributed by atoms with E-state index in [1.807, 2.05) is 17.4 Å². The molecule has 1 heterocycles. The van der Waals surface area contributed by atoms with Gasteiger partial charge < -0.3 is 5.32 Å². The molecule has 2 nitrogen and oxygen atoms in total. The molecule has 1 aromatic heterocycles. The van der Waals surface area contributed by atoms with Crippen LogP contribution in [0.2, 0.25) is 5.02 Å². The number of thiazole rings is 1. The van der Waals surface area contributed by atoms with E-state index in [9.17, 15) is 0 Å². The molecule has 5 heteroatoms. The largest absolute Gasteiger partial charge is 0.316 e. The smallest absolute Gasteiger partial charge is 0.123 e. The Morgan fingerprint density at radius 2 is 2.33 bits per heavy atom. The number of likely N-dealkylation sites (N-methyl/N-ethyl adjacent to an activating group) is 1. The average Bonchev–Trinajstić information content (AvgIpc) is 2.92. The highest BCUT2D eigenvalue weighted by atomic mass is 79.9. The Morgan fingerprint density at radius 3 is 3.10 bits per heavy atom. The molecule has 1 aliphatic rings. The molecule has 0 fully saturated rings. The summed E-state index contributed by atoms with van der Waals surface area (Å²) in [4.78, 5) is 6.40. The van der Waals surface area contributed by atoms with Gasteiger partial charge in [-0.05, 0) is 53.9 Å². The van der Waals surface area contributed by atoms with Gasteiger partial charge in [-0.1, -0.05) is 24.6 Å². The van der Waals surface area contributed by atoms with Gasteiger partial charge >= 0.3 is 0 Å². The zero-order valence-electron chi connectivity index (χ0n) is 12.0. The molecule has 2 aromatic rings. The zero-order valence-corrected chi connectivity index (χ0v) is 15.1. The fourth-order valence-electron chi connectivity index (χ4n) is 2.78. The van der Waals surface area contributed by atoms with Crippen LogP contribution in [0.3, 0.4) is 0 Å². The Kier molecular flexibility index (Phi) is 4.99. The predicted octanol–water partition coefficient (Wildman–Crippen LogP) is 5.26. The molecule has 3 rings (SSSR count). The zero-order chi connectivity index (χ0) is 14.8. The second kappa shape index (κ2) is 6.78. The van der Waals surface area contributed by atoms with E-state index in [1.165, 1.54) is 29.8 Å². The van der Waals surface area contributed by atoms with E-state index in [2.05, 4.69) is 40.3 Å². The highest BCUT2D eigenvalue weighted by Gasteiger charge is 2.24. The average molecular weight is 386 g/mol. The molecule has 0 radical (unpaired) electrons. The van der Waals surface area contributed by atoms with Crippen molar-refractivity contribution in [2.45, 2.75) is 32.1 Å². The van der Waals surface area contributed by atoms with Gasteiger partial charge in [0.25, 0.3) is 0 Å². The van der Waals surface area contributed by atoms with Crippen LogP contribution in [0, 0.1) is 0 Å². The first-order valence-corrected chi connectivity index (χ1v) is 9.33. The van der Waals surface area contributed by atoms with Gasteiger partial charge in [-0.3, -0.25) is 0 Å². The maximum absolute atomic E-state index is 6.08. The first-order chi connectivity index (χ1) is 10.2. The lowest BCUT2D eigenvalue weighted by Gasteiger charge is -2.21. The molecule has 1 aliphatic carbocycles. The van der Waals surface area contributed by atoms with Gasteiger partial charge in [0.1, 0.15) is 5.01 Å². The number of nitrogens with one attached hydrogen (secondary N) is 1. The minimum absolute atomic E-state index is 0.564. The Balaban J connectivity index is 1.91. The summed E-state index contributed by atoms with van der Waals surface area (Å²) in [5, 5.41) is 5.32. The number of rotatable bonds is 4. The standard InChI is InChI=1S/C16H18BrClN2S/c1-2-19-9-11-4-3-5-14-15(11)20-16(21-14)10-6-7-13(18)12(17)8-10/h6-8,11,19H,2-5,9H2,1H3. The molecule has 1 atom stereocenters.